The van der Waals surface area contributed by atoms with E-state index in [9.17, 15) is 9.59 Å². The molecule has 142 valence electrons. The fourth-order valence-electron chi connectivity index (χ4n) is 3.30. The van der Waals surface area contributed by atoms with Gasteiger partial charge in [0.25, 0.3) is 11.5 Å². The Balaban J connectivity index is 1.92. The summed E-state index contributed by atoms with van der Waals surface area (Å²) >= 11 is 0. The molecule has 2 aromatic carbocycles. The molecule has 0 fully saturated rings. The summed E-state index contributed by atoms with van der Waals surface area (Å²) in [6, 6.07) is 14.6. The van der Waals surface area contributed by atoms with Crippen molar-refractivity contribution in [1.82, 2.24) is 19.5 Å². The number of carbonyl (C=O) groups excluding carboxylic acids is 1. The van der Waals surface area contributed by atoms with Crippen LogP contribution in [0.3, 0.4) is 0 Å². The molecule has 7 nitrogen and oxygen atoms in total. The molecule has 1 N–H and O–H groups in total. The summed E-state index contributed by atoms with van der Waals surface area (Å²) in [4.78, 5) is 25.4. The maximum atomic E-state index is 13.1. The number of carbonyl (C=O) groups is 1. The second-order valence-electron chi connectivity index (χ2n) is 6.43. The predicted octanol–water partition coefficient (Wildman–Crippen LogP) is 2.46. The Labute approximate surface area is 161 Å². The highest BCUT2D eigenvalue weighted by Crippen LogP contribution is 2.19. The summed E-state index contributed by atoms with van der Waals surface area (Å²) in [6.45, 7) is 2.78. The third kappa shape index (κ3) is 3.00. The highest BCUT2D eigenvalue weighted by molar-refractivity contribution is 5.97. The Morgan fingerprint density at radius 1 is 1.07 bits per heavy atom. The smallest absolute Gasteiger partial charge is 0.277 e. The number of aromatic nitrogens is 3. The van der Waals surface area contributed by atoms with Gasteiger partial charge in [-0.15, -0.1) is 0 Å². The standard InChI is InChI=1S/C21H20N4O3/c1-3-22-20(26)15-6-9-17-19(12-15)24(21(27)18-10-11-23-25(17)18)13-14-4-7-16(28-2)8-5-14/h4-12H,3,13H2,1-2H3,(H,22,26). The van der Waals surface area contributed by atoms with Gasteiger partial charge in [0.2, 0.25) is 0 Å². The molecule has 7 heteroatoms. The van der Waals surface area contributed by atoms with E-state index >= 15 is 0 Å². The first-order chi connectivity index (χ1) is 13.6. The minimum absolute atomic E-state index is 0.158. The number of rotatable bonds is 5. The highest BCUT2D eigenvalue weighted by Gasteiger charge is 2.14. The van der Waals surface area contributed by atoms with Gasteiger partial charge in [0.05, 0.1) is 30.9 Å². The highest BCUT2D eigenvalue weighted by atomic mass is 16.5. The summed E-state index contributed by atoms with van der Waals surface area (Å²) in [5.41, 5.74) is 3.21. The Kier molecular flexibility index (Phi) is 4.57. The average Bonchev–Trinajstić information content (AvgIpc) is 3.21. The van der Waals surface area contributed by atoms with Gasteiger partial charge < -0.3 is 14.6 Å². The zero-order chi connectivity index (χ0) is 19.7. The molecular formula is C21H20N4O3. The van der Waals surface area contributed by atoms with Crippen molar-refractivity contribution in [1.29, 1.82) is 0 Å². The topological polar surface area (TPSA) is 77.6 Å². The molecule has 0 aliphatic carbocycles. The summed E-state index contributed by atoms with van der Waals surface area (Å²) < 4.78 is 8.49. The monoisotopic (exact) mass is 376 g/mol. The molecule has 0 atom stereocenters. The predicted molar refractivity (Wildman–Crippen MR) is 107 cm³/mol. The second kappa shape index (κ2) is 7.19. The molecule has 4 rings (SSSR count). The zero-order valence-electron chi connectivity index (χ0n) is 15.7. The summed E-state index contributed by atoms with van der Waals surface area (Å²) in [6.07, 6.45) is 1.60. The Morgan fingerprint density at radius 3 is 2.57 bits per heavy atom. The lowest BCUT2D eigenvalue weighted by atomic mass is 10.1. The van der Waals surface area contributed by atoms with Crippen LogP contribution in [0.5, 0.6) is 5.75 Å². The van der Waals surface area contributed by atoms with E-state index in [2.05, 4.69) is 10.4 Å². The largest absolute Gasteiger partial charge is 0.497 e. The van der Waals surface area contributed by atoms with E-state index in [1.165, 1.54) is 0 Å². The molecule has 0 saturated heterocycles. The van der Waals surface area contributed by atoms with Crippen molar-refractivity contribution in [3.8, 4) is 5.75 Å². The van der Waals surface area contributed by atoms with Gasteiger partial charge in [-0.1, -0.05) is 12.1 Å². The van der Waals surface area contributed by atoms with Crippen LogP contribution in [0, 0.1) is 0 Å². The van der Waals surface area contributed by atoms with E-state index in [0.717, 1.165) is 16.8 Å². The number of nitrogens with zero attached hydrogens (tertiary/aromatic N) is 3. The van der Waals surface area contributed by atoms with E-state index in [1.54, 1.807) is 40.6 Å². The molecule has 0 aliphatic rings. The number of hydrogen-bond donors (Lipinski definition) is 1. The van der Waals surface area contributed by atoms with E-state index in [-0.39, 0.29) is 11.5 Å². The van der Waals surface area contributed by atoms with E-state index in [4.69, 9.17) is 4.74 Å². The normalized spacial score (nSPS) is 11.1. The van der Waals surface area contributed by atoms with Crippen LogP contribution in [0.15, 0.2) is 59.5 Å². The summed E-state index contributed by atoms with van der Waals surface area (Å²) in [5, 5.41) is 7.07. The Hall–Kier alpha value is -3.61. The third-order valence-electron chi connectivity index (χ3n) is 4.70. The van der Waals surface area contributed by atoms with Gasteiger partial charge in [0.15, 0.2) is 0 Å². The Morgan fingerprint density at radius 2 is 1.86 bits per heavy atom. The first-order valence-corrected chi connectivity index (χ1v) is 9.04. The van der Waals surface area contributed by atoms with Gasteiger partial charge in [-0.2, -0.15) is 5.10 Å². The van der Waals surface area contributed by atoms with Crippen molar-refractivity contribution in [3.05, 3.63) is 76.2 Å². The van der Waals surface area contributed by atoms with Gasteiger partial charge in [-0.3, -0.25) is 9.59 Å². The minimum atomic E-state index is -0.173. The molecule has 0 bridgehead atoms. The third-order valence-corrected chi connectivity index (χ3v) is 4.70. The first-order valence-electron chi connectivity index (χ1n) is 9.04. The summed E-state index contributed by atoms with van der Waals surface area (Å²) in [7, 11) is 1.61. The number of amides is 1. The molecule has 4 aromatic rings. The molecule has 0 unspecified atom stereocenters. The van der Waals surface area contributed by atoms with Crippen molar-refractivity contribution in [2.75, 3.05) is 13.7 Å². The van der Waals surface area contributed by atoms with Crippen molar-refractivity contribution < 1.29 is 9.53 Å². The number of nitrogens with one attached hydrogen (secondary N) is 1. The molecule has 2 heterocycles. The quantitative estimate of drug-likeness (QED) is 0.580. The first kappa shape index (κ1) is 17.8. The van der Waals surface area contributed by atoms with Crippen LogP contribution in [0.4, 0.5) is 0 Å². The number of hydrogen-bond acceptors (Lipinski definition) is 4. The lowest BCUT2D eigenvalue weighted by molar-refractivity contribution is 0.0956. The lowest BCUT2D eigenvalue weighted by Crippen LogP contribution is -2.25. The zero-order valence-corrected chi connectivity index (χ0v) is 15.7. The number of ether oxygens (including phenoxy) is 1. The van der Waals surface area contributed by atoms with Crippen LogP contribution in [0.2, 0.25) is 0 Å². The number of methoxy groups -OCH3 is 1. The SMILES string of the molecule is CCNC(=O)c1ccc2c(c1)n(Cc1ccc(OC)cc1)c(=O)c1ccnn12. The van der Waals surface area contributed by atoms with E-state index < -0.39 is 0 Å². The fourth-order valence-corrected chi connectivity index (χ4v) is 3.30. The second-order valence-corrected chi connectivity index (χ2v) is 6.43. The summed E-state index contributed by atoms with van der Waals surface area (Å²) in [5.74, 6) is 0.583. The molecular weight excluding hydrogens is 356 g/mol. The maximum absolute atomic E-state index is 13.1. The van der Waals surface area contributed by atoms with Gasteiger partial charge in [0, 0.05) is 12.1 Å². The van der Waals surface area contributed by atoms with Crippen LogP contribution < -0.4 is 15.6 Å². The minimum Gasteiger partial charge on any atom is -0.497 e. The number of fused-ring (bicyclic) bond motifs is 3. The average molecular weight is 376 g/mol. The van der Waals surface area contributed by atoms with Crippen molar-refractivity contribution in [2.45, 2.75) is 13.5 Å². The van der Waals surface area contributed by atoms with Gasteiger partial charge in [0.1, 0.15) is 11.3 Å². The van der Waals surface area contributed by atoms with Gasteiger partial charge in [-0.05, 0) is 48.9 Å². The van der Waals surface area contributed by atoms with E-state index in [0.29, 0.717) is 29.7 Å². The molecule has 0 spiro atoms. The van der Waals surface area contributed by atoms with Crippen molar-refractivity contribution in [3.63, 3.8) is 0 Å². The van der Waals surface area contributed by atoms with Crippen molar-refractivity contribution >= 4 is 22.5 Å². The fraction of sp³-hybridized carbons (Fsp3) is 0.190. The van der Waals surface area contributed by atoms with E-state index in [1.807, 2.05) is 37.3 Å². The van der Waals surface area contributed by atoms with Crippen LogP contribution >= 0.6 is 0 Å². The Bertz CT molecular complexity index is 1220. The van der Waals surface area contributed by atoms with Gasteiger partial charge in [-0.25, -0.2) is 4.52 Å². The molecule has 0 aliphatic heterocycles. The van der Waals surface area contributed by atoms with Crippen LogP contribution in [0.25, 0.3) is 16.6 Å². The molecule has 1 amide bonds. The van der Waals surface area contributed by atoms with Crippen molar-refractivity contribution in [2.24, 2.45) is 0 Å². The molecule has 0 saturated carbocycles. The van der Waals surface area contributed by atoms with Crippen LogP contribution in [-0.2, 0) is 6.54 Å². The molecule has 2 aromatic heterocycles. The lowest BCUT2D eigenvalue weighted by Gasteiger charge is -2.13. The van der Waals surface area contributed by atoms with Crippen LogP contribution in [-0.4, -0.2) is 33.7 Å². The molecule has 28 heavy (non-hydrogen) atoms. The number of benzene rings is 2. The van der Waals surface area contributed by atoms with Crippen LogP contribution in [0.1, 0.15) is 22.8 Å². The maximum Gasteiger partial charge on any atom is 0.277 e. The molecule has 0 radical (unpaired) electrons. The van der Waals surface area contributed by atoms with Gasteiger partial charge >= 0.3 is 0 Å².